The summed E-state index contributed by atoms with van der Waals surface area (Å²) in [5, 5.41) is 10.1. The van der Waals surface area contributed by atoms with Gasteiger partial charge in [0, 0.05) is 22.8 Å². The van der Waals surface area contributed by atoms with Gasteiger partial charge in [-0.3, -0.25) is 9.59 Å². The summed E-state index contributed by atoms with van der Waals surface area (Å²) in [4.78, 5) is 24.1. The van der Waals surface area contributed by atoms with Crippen LogP contribution in [0.4, 0.5) is 17.1 Å². The lowest BCUT2D eigenvalue weighted by atomic mass is 10.1. The molecule has 0 radical (unpaired) electrons. The molecular weight excluding hydrogens is 376 g/mol. The van der Waals surface area contributed by atoms with E-state index in [1.165, 1.54) is 0 Å². The second-order valence-electron chi connectivity index (χ2n) is 6.84. The first-order valence-corrected chi connectivity index (χ1v) is 9.66. The van der Waals surface area contributed by atoms with Crippen LogP contribution < -0.4 is 16.1 Å². The van der Waals surface area contributed by atoms with Crippen molar-refractivity contribution in [1.82, 2.24) is 5.43 Å². The number of carbonyl (C=O) groups is 2. The Balaban J connectivity index is 1.45. The van der Waals surface area contributed by atoms with Crippen LogP contribution in [0.25, 0.3) is 0 Å². The smallest absolute Gasteiger partial charge is 0.244 e. The van der Waals surface area contributed by atoms with E-state index in [0.717, 1.165) is 16.9 Å². The summed E-state index contributed by atoms with van der Waals surface area (Å²) in [5.41, 5.74) is 6.54. The predicted molar refractivity (Wildman–Crippen MR) is 121 cm³/mol. The monoisotopic (exact) mass is 400 g/mol. The summed E-state index contributed by atoms with van der Waals surface area (Å²) in [6.45, 7) is 1.70. The molecule has 30 heavy (non-hydrogen) atoms. The molecule has 0 aliphatic carbocycles. The second kappa shape index (κ2) is 10.6. The van der Waals surface area contributed by atoms with Crippen molar-refractivity contribution in [3.63, 3.8) is 0 Å². The third kappa shape index (κ3) is 6.91. The molecule has 3 aromatic carbocycles. The Hall–Kier alpha value is -3.93. The lowest BCUT2D eigenvalue weighted by Crippen LogP contribution is -2.22. The summed E-state index contributed by atoms with van der Waals surface area (Å²) in [5.74, 6) is -0.417. The summed E-state index contributed by atoms with van der Waals surface area (Å²) in [7, 11) is 0. The van der Waals surface area contributed by atoms with Crippen molar-refractivity contribution in [2.24, 2.45) is 5.10 Å². The SMILES string of the molecule is C/C(CC(=O)Nc1ccc(Nc2ccccc2)cc1)=N\NC(=O)Cc1ccccc1. The summed E-state index contributed by atoms with van der Waals surface area (Å²) < 4.78 is 0. The summed E-state index contributed by atoms with van der Waals surface area (Å²) in [6.07, 6.45) is 0.336. The maximum atomic E-state index is 12.2. The summed E-state index contributed by atoms with van der Waals surface area (Å²) >= 11 is 0. The van der Waals surface area contributed by atoms with Crippen LogP contribution in [0, 0.1) is 0 Å². The number of nitrogens with zero attached hydrogens (tertiary/aromatic N) is 1. The number of benzene rings is 3. The fourth-order valence-electron chi connectivity index (χ4n) is 2.78. The quantitative estimate of drug-likeness (QED) is 0.385. The third-order valence-electron chi connectivity index (χ3n) is 4.23. The lowest BCUT2D eigenvalue weighted by Gasteiger charge is -2.09. The van der Waals surface area contributed by atoms with Crippen molar-refractivity contribution in [3.8, 4) is 0 Å². The van der Waals surface area contributed by atoms with E-state index in [1.807, 2.05) is 84.9 Å². The number of rotatable bonds is 8. The van der Waals surface area contributed by atoms with Gasteiger partial charge < -0.3 is 10.6 Å². The number of hydrazone groups is 1. The van der Waals surface area contributed by atoms with Gasteiger partial charge in [-0.05, 0) is 48.9 Å². The molecule has 3 rings (SSSR count). The molecule has 152 valence electrons. The third-order valence-corrected chi connectivity index (χ3v) is 4.23. The van der Waals surface area contributed by atoms with Crippen LogP contribution in [-0.2, 0) is 16.0 Å². The van der Waals surface area contributed by atoms with Crippen LogP contribution in [0.5, 0.6) is 0 Å². The predicted octanol–water partition coefficient (Wildman–Crippen LogP) is 4.49. The van der Waals surface area contributed by atoms with Crippen molar-refractivity contribution in [2.45, 2.75) is 19.8 Å². The molecule has 0 fully saturated rings. The number of hydrogen-bond donors (Lipinski definition) is 3. The van der Waals surface area contributed by atoms with E-state index in [0.29, 0.717) is 11.4 Å². The molecular formula is C24H24N4O2. The average molecular weight is 400 g/mol. The van der Waals surface area contributed by atoms with Crippen molar-refractivity contribution in [3.05, 3.63) is 90.5 Å². The first kappa shape index (κ1) is 20.8. The molecule has 0 aromatic heterocycles. The highest BCUT2D eigenvalue weighted by Crippen LogP contribution is 2.18. The molecule has 0 saturated heterocycles. The van der Waals surface area contributed by atoms with E-state index in [-0.39, 0.29) is 24.7 Å². The van der Waals surface area contributed by atoms with Crippen LogP contribution in [0.15, 0.2) is 90.0 Å². The van der Waals surface area contributed by atoms with Crippen LogP contribution >= 0.6 is 0 Å². The second-order valence-corrected chi connectivity index (χ2v) is 6.84. The molecule has 6 heteroatoms. The number of carbonyl (C=O) groups excluding carboxylic acids is 2. The first-order chi connectivity index (χ1) is 14.6. The largest absolute Gasteiger partial charge is 0.356 e. The number of amides is 2. The molecule has 0 spiro atoms. The Bertz CT molecular complexity index is 1000. The Kier molecular flexibility index (Phi) is 7.33. The molecule has 3 aromatic rings. The first-order valence-electron chi connectivity index (χ1n) is 9.66. The topological polar surface area (TPSA) is 82.6 Å². The molecule has 3 N–H and O–H groups in total. The fourth-order valence-corrected chi connectivity index (χ4v) is 2.78. The van der Waals surface area contributed by atoms with Crippen LogP contribution in [0.1, 0.15) is 18.9 Å². The minimum atomic E-state index is -0.220. The Morgan fingerprint density at radius 3 is 1.97 bits per heavy atom. The molecule has 0 atom stereocenters. The van der Waals surface area contributed by atoms with Gasteiger partial charge in [-0.2, -0.15) is 5.10 Å². The highest BCUT2D eigenvalue weighted by atomic mass is 16.2. The van der Waals surface area contributed by atoms with E-state index >= 15 is 0 Å². The van der Waals surface area contributed by atoms with Crippen LogP contribution in [-0.4, -0.2) is 17.5 Å². The minimum absolute atomic E-state index is 0.0929. The number of para-hydroxylation sites is 1. The average Bonchev–Trinajstić information content (AvgIpc) is 2.75. The van der Waals surface area contributed by atoms with Gasteiger partial charge in [-0.25, -0.2) is 5.43 Å². The molecule has 6 nitrogen and oxygen atoms in total. The zero-order valence-electron chi connectivity index (χ0n) is 16.8. The highest BCUT2D eigenvalue weighted by Gasteiger charge is 2.06. The van der Waals surface area contributed by atoms with E-state index in [1.54, 1.807) is 6.92 Å². The van der Waals surface area contributed by atoms with Crippen LogP contribution in [0.3, 0.4) is 0 Å². The van der Waals surface area contributed by atoms with Gasteiger partial charge in [0.1, 0.15) is 0 Å². The van der Waals surface area contributed by atoms with Crippen molar-refractivity contribution < 1.29 is 9.59 Å². The number of anilines is 3. The molecule has 2 amide bonds. The maximum Gasteiger partial charge on any atom is 0.244 e. The fraction of sp³-hybridized carbons (Fsp3) is 0.125. The standard InChI is InChI=1S/C24H24N4O2/c1-18(27-28-24(30)17-19-8-4-2-5-9-19)16-23(29)26-22-14-12-21(13-15-22)25-20-10-6-3-7-11-20/h2-15,25H,16-17H2,1H3,(H,26,29)(H,28,30)/b27-18+. The Morgan fingerprint density at radius 1 is 0.733 bits per heavy atom. The van der Waals surface area contributed by atoms with E-state index < -0.39 is 0 Å². The Morgan fingerprint density at radius 2 is 1.30 bits per heavy atom. The molecule has 0 aliphatic heterocycles. The van der Waals surface area contributed by atoms with Gasteiger partial charge >= 0.3 is 0 Å². The van der Waals surface area contributed by atoms with Crippen molar-refractivity contribution >= 4 is 34.6 Å². The van der Waals surface area contributed by atoms with Crippen molar-refractivity contribution in [2.75, 3.05) is 10.6 Å². The van der Waals surface area contributed by atoms with Gasteiger partial charge in [0.25, 0.3) is 0 Å². The van der Waals surface area contributed by atoms with Gasteiger partial charge in [0.2, 0.25) is 11.8 Å². The molecule has 0 heterocycles. The summed E-state index contributed by atoms with van der Waals surface area (Å²) in [6, 6.07) is 26.7. The number of nitrogens with one attached hydrogen (secondary N) is 3. The maximum absolute atomic E-state index is 12.2. The van der Waals surface area contributed by atoms with Gasteiger partial charge in [0.15, 0.2) is 0 Å². The Labute approximate surface area is 176 Å². The highest BCUT2D eigenvalue weighted by molar-refractivity contribution is 6.05. The van der Waals surface area contributed by atoms with Crippen LogP contribution in [0.2, 0.25) is 0 Å². The van der Waals surface area contributed by atoms with E-state index in [4.69, 9.17) is 0 Å². The zero-order valence-corrected chi connectivity index (χ0v) is 16.8. The lowest BCUT2D eigenvalue weighted by molar-refractivity contribution is -0.120. The van der Waals surface area contributed by atoms with E-state index in [2.05, 4.69) is 21.2 Å². The van der Waals surface area contributed by atoms with Crippen molar-refractivity contribution in [1.29, 1.82) is 0 Å². The molecule has 0 bridgehead atoms. The minimum Gasteiger partial charge on any atom is -0.356 e. The molecule has 0 saturated carbocycles. The zero-order chi connectivity index (χ0) is 21.2. The van der Waals surface area contributed by atoms with Gasteiger partial charge in [0.05, 0.1) is 12.8 Å². The normalized spacial score (nSPS) is 10.9. The van der Waals surface area contributed by atoms with Gasteiger partial charge in [-0.15, -0.1) is 0 Å². The molecule has 0 aliphatic rings. The van der Waals surface area contributed by atoms with E-state index in [9.17, 15) is 9.59 Å². The number of hydrogen-bond acceptors (Lipinski definition) is 4. The van der Waals surface area contributed by atoms with Gasteiger partial charge in [-0.1, -0.05) is 48.5 Å². The molecule has 0 unspecified atom stereocenters.